The molecule has 0 fully saturated rings. The van der Waals surface area contributed by atoms with Gasteiger partial charge in [-0.05, 0) is 5.20 Å². The summed E-state index contributed by atoms with van der Waals surface area (Å²) >= 11 is 0. The van der Waals surface area contributed by atoms with E-state index in [0.717, 1.165) is 0 Å². The summed E-state index contributed by atoms with van der Waals surface area (Å²) in [4.78, 5) is 0. The minimum absolute atomic E-state index is 0.533. The number of hydrogen-bond donors (Lipinski definition) is 0. The van der Waals surface area contributed by atoms with E-state index in [0.29, 0.717) is 0 Å². The topological polar surface area (TPSA) is 0 Å². The van der Waals surface area contributed by atoms with E-state index in [9.17, 15) is 22.0 Å². The van der Waals surface area contributed by atoms with Gasteiger partial charge in [-0.3, -0.25) is 0 Å². The van der Waals surface area contributed by atoms with Crippen molar-refractivity contribution in [2.75, 3.05) is 0 Å². The lowest BCUT2D eigenvalue weighted by molar-refractivity contribution is 0.257. The zero-order valence-electron chi connectivity index (χ0n) is 8.54. The van der Waals surface area contributed by atoms with Gasteiger partial charge < -0.3 is 0 Å². The largest absolute Gasteiger partial charge is 0.235 e. The second-order valence-corrected chi connectivity index (χ2v) is 9.47. The summed E-state index contributed by atoms with van der Waals surface area (Å²) in [6, 6.07) is 0. The van der Waals surface area contributed by atoms with Gasteiger partial charge in [-0.25, -0.2) is 22.0 Å². The Kier molecular flexibility index (Phi) is 3.09. The number of allylic oxidation sites excluding steroid dienone is 4. The van der Waals surface area contributed by atoms with Crippen LogP contribution in [0.4, 0.5) is 22.0 Å². The standard InChI is InChI=1S/C9H11F5Si/c1-15(2,3)9-7(13)5(11)4(10)6(12)8(9)14/h5,8H,1-3H3. The van der Waals surface area contributed by atoms with Crippen LogP contribution in [0.5, 0.6) is 0 Å². The molecule has 0 N–H and O–H groups in total. The van der Waals surface area contributed by atoms with Gasteiger partial charge in [-0.1, -0.05) is 19.6 Å². The van der Waals surface area contributed by atoms with E-state index >= 15 is 0 Å². The Bertz CT molecular complexity index is 339. The van der Waals surface area contributed by atoms with Gasteiger partial charge in [0.25, 0.3) is 0 Å². The monoisotopic (exact) mass is 242 g/mol. The highest BCUT2D eigenvalue weighted by Crippen LogP contribution is 2.40. The van der Waals surface area contributed by atoms with Gasteiger partial charge in [0.2, 0.25) is 6.17 Å². The molecule has 2 atom stereocenters. The maximum absolute atomic E-state index is 13.3. The Morgan fingerprint density at radius 1 is 0.800 bits per heavy atom. The van der Waals surface area contributed by atoms with Crippen LogP contribution in [0.3, 0.4) is 0 Å². The first kappa shape index (κ1) is 12.4. The fraction of sp³-hybridized carbons (Fsp3) is 0.556. The minimum atomic E-state index is -2.78. The fourth-order valence-electron chi connectivity index (χ4n) is 1.48. The highest BCUT2D eigenvalue weighted by molar-refractivity contribution is 6.83. The first-order valence-electron chi connectivity index (χ1n) is 4.41. The Hall–Kier alpha value is -0.653. The Labute approximate surface area is 85.5 Å². The normalized spacial score (nSPS) is 28.8. The Balaban J connectivity index is 3.29. The van der Waals surface area contributed by atoms with E-state index in [1.165, 1.54) is 19.6 Å². The van der Waals surface area contributed by atoms with Crippen LogP contribution in [0.1, 0.15) is 0 Å². The molecule has 0 saturated heterocycles. The van der Waals surface area contributed by atoms with Crippen LogP contribution < -0.4 is 0 Å². The number of alkyl halides is 2. The predicted octanol–water partition coefficient (Wildman–Crippen LogP) is 3.93. The van der Waals surface area contributed by atoms with E-state index in [1.807, 2.05) is 0 Å². The third-order valence-corrected chi connectivity index (χ3v) is 4.32. The zero-order chi connectivity index (χ0) is 12.0. The van der Waals surface area contributed by atoms with Gasteiger partial charge in [0, 0.05) is 0 Å². The third-order valence-electron chi connectivity index (χ3n) is 2.21. The van der Waals surface area contributed by atoms with Crippen LogP contribution in [0.25, 0.3) is 0 Å². The van der Waals surface area contributed by atoms with Crippen molar-refractivity contribution in [3.8, 4) is 0 Å². The van der Waals surface area contributed by atoms with Crippen LogP contribution in [-0.4, -0.2) is 20.4 Å². The molecule has 0 aromatic heterocycles. The van der Waals surface area contributed by atoms with Gasteiger partial charge in [-0.15, -0.1) is 0 Å². The van der Waals surface area contributed by atoms with E-state index < -0.39 is 43.1 Å². The molecule has 15 heavy (non-hydrogen) atoms. The van der Waals surface area contributed by atoms with Crippen molar-refractivity contribution >= 4 is 8.07 Å². The molecule has 0 aliphatic heterocycles. The van der Waals surface area contributed by atoms with Crippen LogP contribution in [0.15, 0.2) is 22.7 Å². The highest BCUT2D eigenvalue weighted by Gasteiger charge is 2.43. The summed E-state index contributed by atoms with van der Waals surface area (Å²) in [6.07, 6.45) is -5.25. The van der Waals surface area contributed by atoms with Crippen LogP contribution in [0.2, 0.25) is 19.6 Å². The first-order chi connectivity index (χ1) is 6.68. The highest BCUT2D eigenvalue weighted by atomic mass is 28.3. The molecule has 0 saturated carbocycles. The summed E-state index contributed by atoms with van der Waals surface area (Å²) in [5, 5.41) is -0.533. The number of rotatable bonds is 1. The Morgan fingerprint density at radius 3 is 1.60 bits per heavy atom. The van der Waals surface area contributed by atoms with Crippen molar-refractivity contribution in [3.05, 3.63) is 22.7 Å². The molecule has 1 aliphatic carbocycles. The summed E-state index contributed by atoms with van der Waals surface area (Å²) < 4.78 is 65.1. The molecule has 0 aromatic carbocycles. The van der Waals surface area contributed by atoms with Crippen molar-refractivity contribution < 1.29 is 22.0 Å². The molecule has 2 unspecified atom stereocenters. The number of hydrogen-bond acceptors (Lipinski definition) is 0. The second kappa shape index (κ2) is 3.73. The maximum atomic E-state index is 13.3. The first-order valence-corrected chi connectivity index (χ1v) is 7.91. The summed E-state index contributed by atoms with van der Waals surface area (Å²) in [6.45, 7) is 4.62. The zero-order valence-corrected chi connectivity index (χ0v) is 9.54. The lowest BCUT2D eigenvalue weighted by atomic mass is 10.1. The lowest BCUT2D eigenvalue weighted by Gasteiger charge is -2.28. The van der Waals surface area contributed by atoms with E-state index in [-0.39, 0.29) is 0 Å². The van der Waals surface area contributed by atoms with Crippen molar-refractivity contribution in [2.24, 2.45) is 0 Å². The molecule has 0 nitrogen and oxygen atoms in total. The van der Waals surface area contributed by atoms with Gasteiger partial charge in [0.15, 0.2) is 17.8 Å². The van der Waals surface area contributed by atoms with Crippen molar-refractivity contribution in [1.29, 1.82) is 0 Å². The molecule has 0 spiro atoms. The third kappa shape index (κ3) is 2.00. The Morgan fingerprint density at radius 2 is 1.20 bits per heavy atom. The molecule has 0 aromatic rings. The molecule has 0 bridgehead atoms. The molecule has 0 amide bonds. The molecule has 86 valence electrons. The predicted molar refractivity (Wildman–Crippen MR) is 50.5 cm³/mol. The van der Waals surface area contributed by atoms with E-state index in [4.69, 9.17) is 0 Å². The fourth-order valence-corrected chi connectivity index (χ4v) is 3.21. The maximum Gasteiger partial charge on any atom is 0.205 e. The van der Waals surface area contributed by atoms with Crippen LogP contribution in [0, 0.1) is 0 Å². The van der Waals surface area contributed by atoms with Gasteiger partial charge >= 0.3 is 0 Å². The van der Waals surface area contributed by atoms with E-state index in [2.05, 4.69) is 0 Å². The van der Waals surface area contributed by atoms with Gasteiger partial charge in [-0.2, -0.15) is 0 Å². The van der Waals surface area contributed by atoms with Crippen LogP contribution >= 0.6 is 0 Å². The molecule has 6 heteroatoms. The summed E-state index contributed by atoms with van der Waals surface area (Å²) in [5.74, 6) is -5.32. The molecule has 1 aliphatic rings. The summed E-state index contributed by atoms with van der Waals surface area (Å²) in [7, 11) is -2.55. The molecule has 1 rings (SSSR count). The van der Waals surface area contributed by atoms with Gasteiger partial charge in [0.1, 0.15) is 5.83 Å². The number of halogens is 5. The smallest absolute Gasteiger partial charge is 0.205 e. The molecule has 0 heterocycles. The average molecular weight is 242 g/mol. The van der Waals surface area contributed by atoms with Crippen molar-refractivity contribution in [1.82, 2.24) is 0 Å². The quantitative estimate of drug-likeness (QED) is 0.483. The molecule has 0 radical (unpaired) electrons. The molecular weight excluding hydrogens is 231 g/mol. The van der Waals surface area contributed by atoms with Gasteiger partial charge in [0.05, 0.1) is 8.07 Å². The van der Waals surface area contributed by atoms with Crippen molar-refractivity contribution in [2.45, 2.75) is 32.0 Å². The summed E-state index contributed by atoms with van der Waals surface area (Å²) in [5.41, 5.74) is 0. The van der Waals surface area contributed by atoms with E-state index in [1.54, 1.807) is 0 Å². The lowest BCUT2D eigenvalue weighted by Crippen LogP contribution is -2.36. The molecular formula is C9H11F5Si. The average Bonchev–Trinajstić information content (AvgIpc) is 2.09. The second-order valence-electron chi connectivity index (χ2n) is 4.43. The van der Waals surface area contributed by atoms with Crippen molar-refractivity contribution in [3.63, 3.8) is 0 Å². The SMILES string of the molecule is C[Si](C)(C)C1=C(F)C(F)C(F)=C(F)C1F. The minimum Gasteiger partial charge on any atom is -0.235 e. The van der Waals surface area contributed by atoms with Crippen LogP contribution in [-0.2, 0) is 0 Å².